The van der Waals surface area contributed by atoms with Crippen LogP contribution in [0.15, 0.2) is 60.7 Å². The minimum absolute atomic E-state index is 0.0527. The highest BCUT2D eigenvalue weighted by Gasteiger charge is 2.45. The van der Waals surface area contributed by atoms with Gasteiger partial charge >= 0.3 is 5.97 Å². The van der Waals surface area contributed by atoms with E-state index >= 15 is 0 Å². The summed E-state index contributed by atoms with van der Waals surface area (Å²) in [6.07, 6.45) is 0.174. The number of nitrogens with zero attached hydrogens (tertiary/aromatic N) is 1. The number of hydrogen-bond acceptors (Lipinski definition) is 3. The maximum absolute atomic E-state index is 12.6. The Labute approximate surface area is 135 Å². The van der Waals surface area contributed by atoms with Gasteiger partial charge in [-0.2, -0.15) is 0 Å². The van der Waals surface area contributed by atoms with Gasteiger partial charge in [0.1, 0.15) is 0 Å². The number of para-hydroxylation sites is 1. The minimum Gasteiger partial charge on any atom is -0.466 e. The molecule has 2 aromatic rings. The molecule has 0 spiro atoms. The van der Waals surface area contributed by atoms with Crippen molar-refractivity contribution >= 4 is 17.6 Å². The van der Waals surface area contributed by atoms with Crippen molar-refractivity contribution in [2.45, 2.75) is 19.4 Å². The average molecular weight is 309 g/mol. The van der Waals surface area contributed by atoms with E-state index in [1.54, 1.807) is 11.8 Å². The smallest absolute Gasteiger partial charge is 0.311 e. The standard InChI is InChI=1S/C19H19NO3/c1-2-23-19(22)16-13-17(21)20(15-11-7-4-8-12-15)18(16)14-9-5-3-6-10-14/h3-12,16,18H,2,13H2,1H3/t16-,18-/m1/s1. The predicted octanol–water partition coefficient (Wildman–Crippen LogP) is 3.34. The predicted molar refractivity (Wildman–Crippen MR) is 87.9 cm³/mol. The Kier molecular flexibility index (Phi) is 4.42. The molecule has 0 radical (unpaired) electrons. The molecule has 1 saturated heterocycles. The first-order chi connectivity index (χ1) is 11.2. The normalized spacial score (nSPS) is 20.6. The van der Waals surface area contributed by atoms with E-state index in [1.165, 1.54) is 0 Å². The number of ether oxygens (including phenoxy) is 1. The lowest BCUT2D eigenvalue weighted by Gasteiger charge is -2.28. The lowest BCUT2D eigenvalue weighted by Crippen LogP contribution is -2.31. The summed E-state index contributed by atoms with van der Waals surface area (Å²) < 4.78 is 5.19. The van der Waals surface area contributed by atoms with E-state index in [4.69, 9.17) is 4.74 Å². The zero-order chi connectivity index (χ0) is 16.2. The van der Waals surface area contributed by atoms with Gasteiger partial charge in [0, 0.05) is 12.1 Å². The third-order valence-corrected chi connectivity index (χ3v) is 4.09. The number of rotatable bonds is 4. The van der Waals surface area contributed by atoms with Gasteiger partial charge in [0.2, 0.25) is 5.91 Å². The third kappa shape index (κ3) is 2.97. The molecule has 1 aliphatic rings. The Hall–Kier alpha value is -2.62. The zero-order valence-electron chi connectivity index (χ0n) is 13.0. The molecule has 0 N–H and O–H groups in total. The van der Waals surface area contributed by atoms with Crippen LogP contribution in [0, 0.1) is 5.92 Å². The van der Waals surface area contributed by atoms with Gasteiger partial charge in [-0.25, -0.2) is 0 Å². The number of benzene rings is 2. The summed E-state index contributed by atoms with van der Waals surface area (Å²) in [5.74, 6) is -0.846. The fraction of sp³-hybridized carbons (Fsp3) is 0.263. The minimum atomic E-state index is -0.481. The third-order valence-electron chi connectivity index (χ3n) is 4.09. The van der Waals surface area contributed by atoms with Crippen LogP contribution in [0.2, 0.25) is 0 Å². The molecule has 23 heavy (non-hydrogen) atoms. The molecule has 0 saturated carbocycles. The summed E-state index contributed by atoms with van der Waals surface area (Å²) in [6, 6.07) is 18.8. The lowest BCUT2D eigenvalue weighted by atomic mass is 9.93. The summed E-state index contributed by atoms with van der Waals surface area (Å²) in [5, 5.41) is 0. The van der Waals surface area contributed by atoms with Crippen molar-refractivity contribution in [1.82, 2.24) is 0 Å². The van der Waals surface area contributed by atoms with Gasteiger partial charge in [-0.05, 0) is 24.6 Å². The second-order valence-corrected chi connectivity index (χ2v) is 5.52. The van der Waals surface area contributed by atoms with E-state index < -0.39 is 5.92 Å². The molecule has 2 aromatic carbocycles. The molecule has 0 aliphatic carbocycles. The highest BCUT2D eigenvalue weighted by atomic mass is 16.5. The Morgan fingerprint density at radius 1 is 1.09 bits per heavy atom. The summed E-state index contributed by atoms with van der Waals surface area (Å²) >= 11 is 0. The number of esters is 1. The van der Waals surface area contributed by atoms with Gasteiger partial charge in [-0.3, -0.25) is 9.59 Å². The second kappa shape index (κ2) is 6.65. The summed E-state index contributed by atoms with van der Waals surface area (Å²) in [4.78, 5) is 26.7. The van der Waals surface area contributed by atoms with Crippen LogP contribution < -0.4 is 4.90 Å². The van der Waals surface area contributed by atoms with Crippen molar-refractivity contribution in [3.63, 3.8) is 0 Å². The number of hydrogen-bond donors (Lipinski definition) is 0. The van der Waals surface area contributed by atoms with Crippen molar-refractivity contribution in [2.75, 3.05) is 11.5 Å². The zero-order valence-corrected chi connectivity index (χ0v) is 13.0. The number of amides is 1. The molecule has 4 nitrogen and oxygen atoms in total. The highest BCUT2D eigenvalue weighted by Crippen LogP contribution is 2.41. The molecule has 118 valence electrons. The van der Waals surface area contributed by atoms with Gasteiger partial charge in [-0.1, -0.05) is 48.5 Å². The van der Waals surface area contributed by atoms with Crippen LogP contribution in [0.25, 0.3) is 0 Å². The van der Waals surface area contributed by atoms with Gasteiger partial charge in [-0.15, -0.1) is 0 Å². The van der Waals surface area contributed by atoms with Crippen LogP contribution in [0.5, 0.6) is 0 Å². The van der Waals surface area contributed by atoms with Crippen molar-refractivity contribution in [2.24, 2.45) is 5.92 Å². The fourth-order valence-corrected chi connectivity index (χ4v) is 3.12. The molecule has 0 aromatic heterocycles. The molecular weight excluding hydrogens is 290 g/mol. The maximum Gasteiger partial charge on any atom is 0.311 e. The van der Waals surface area contributed by atoms with Crippen molar-refractivity contribution in [1.29, 1.82) is 0 Å². The monoisotopic (exact) mass is 309 g/mol. The van der Waals surface area contributed by atoms with Gasteiger partial charge in [0.15, 0.2) is 0 Å². The first-order valence-electron chi connectivity index (χ1n) is 7.81. The Bertz CT molecular complexity index is 684. The molecule has 3 rings (SSSR count). The van der Waals surface area contributed by atoms with Gasteiger partial charge < -0.3 is 9.64 Å². The molecule has 1 heterocycles. The maximum atomic E-state index is 12.6. The van der Waals surface area contributed by atoms with E-state index in [1.807, 2.05) is 60.7 Å². The SMILES string of the molecule is CCOC(=O)[C@@H]1CC(=O)N(c2ccccc2)[C@@H]1c1ccccc1. The summed E-state index contributed by atoms with van der Waals surface area (Å²) in [7, 11) is 0. The van der Waals surface area contributed by atoms with E-state index in [2.05, 4.69) is 0 Å². The summed E-state index contributed by atoms with van der Waals surface area (Å²) in [6.45, 7) is 2.09. The van der Waals surface area contributed by atoms with E-state index in [0.29, 0.717) is 6.61 Å². The van der Waals surface area contributed by atoms with Crippen LogP contribution in [0.4, 0.5) is 5.69 Å². The van der Waals surface area contributed by atoms with Gasteiger partial charge in [0.05, 0.1) is 18.6 Å². The molecule has 1 amide bonds. The van der Waals surface area contributed by atoms with Crippen LogP contribution in [-0.2, 0) is 14.3 Å². The highest BCUT2D eigenvalue weighted by molar-refractivity contribution is 6.00. The van der Waals surface area contributed by atoms with Crippen molar-refractivity contribution < 1.29 is 14.3 Å². The fourth-order valence-electron chi connectivity index (χ4n) is 3.12. The number of carbonyl (C=O) groups is 2. The van der Waals surface area contributed by atoms with Crippen LogP contribution in [-0.4, -0.2) is 18.5 Å². The Balaban J connectivity index is 2.03. The second-order valence-electron chi connectivity index (χ2n) is 5.52. The molecular formula is C19H19NO3. The molecule has 1 fully saturated rings. The lowest BCUT2D eigenvalue weighted by molar-refractivity contribution is -0.148. The number of carbonyl (C=O) groups excluding carboxylic acids is 2. The quantitative estimate of drug-likeness (QED) is 0.814. The van der Waals surface area contributed by atoms with Crippen molar-refractivity contribution in [3.8, 4) is 0 Å². The van der Waals surface area contributed by atoms with Crippen LogP contribution in [0.3, 0.4) is 0 Å². The van der Waals surface area contributed by atoms with E-state index in [0.717, 1.165) is 11.3 Å². The van der Waals surface area contributed by atoms with Crippen LogP contribution >= 0.6 is 0 Å². The Morgan fingerprint density at radius 2 is 1.70 bits per heavy atom. The number of anilines is 1. The van der Waals surface area contributed by atoms with E-state index in [-0.39, 0.29) is 24.3 Å². The first kappa shape index (κ1) is 15.3. The van der Waals surface area contributed by atoms with Crippen LogP contribution in [0.1, 0.15) is 24.9 Å². The molecule has 2 atom stereocenters. The topological polar surface area (TPSA) is 46.6 Å². The van der Waals surface area contributed by atoms with Crippen molar-refractivity contribution in [3.05, 3.63) is 66.2 Å². The van der Waals surface area contributed by atoms with Gasteiger partial charge in [0.25, 0.3) is 0 Å². The molecule has 0 bridgehead atoms. The van der Waals surface area contributed by atoms with E-state index in [9.17, 15) is 9.59 Å². The largest absolute Gasteiger partial charge is 0.466 e. The Morgan fingerprint density at radius 3 is 2.30 bits per heavy atom. The first-order valence-corrected chi connectivity index (χ1v) is 7.81. The summed E-state index contributed by atoms with van der Waals surface area (Å²) in [5.41, 5.74) is 1.75. The molecule has 4 heteroatoms. The molecule has 1 aliphatic heterocycles. The average Bonchev–Trinajstić information content (AvgIpc) is 2.94. The molecule has 0 unspecified atom stereocenters.